The maximum atomic E-state index is 12.9. The molecule has 20 heavy (non-hydrogen) atoms. The molecule has 1 aromatic heterocycles. The van der Waals surface area contributed by atoms with Crippen LogP contribution < -0.4 is 11.3 Å². The smallest absolute Gasteiger partial charge is 0.271 e. The Kier molecular flexibility index (Phi) is 4.31. The predicted octanol–water partition coefficient (Wildman–Crippen LogP) is 2.24. The van der Waals surface area contributed by atoms with Gasteiger partial charge in [-0.3, -0.25) is 11.3 Å². The summed E-state index contributed by atoms with van der Waals surface area (Å²) in [4.78, 5) is 7.77. The molecule has 0 saturated heterocycles. The summed E-state index contributed by atoms with van der Waals surface area (Å²) in [6, 6.07) is 6.53. The van der Waals surface area contributed by atoms with Crippen molar-refractivity contribution in [2.45, 2.75) is 18.6 Å². The Bertz CT molecular complexity index is 557. The molecule has 2 rings (SSSR count). The van der Waals surface area contributed by atoms with Crippen LogP contribution in [0.25, 0.3) is 0 Å². The first-order chi connectivity index (χ1) is 9.52. The molecule has 7 heteroatoms. The lowest BCUT2D eigenvalue weighted by molar-refractivity contribution is -0.138. The van der Waals surface area contributed by atoms with E-state index >= 15 is 0 Å². The highest BCUT2D eigenvalue weighted by molar-refractivity contribution is 5.31. The molecule has 0 saturated carbocycles. The third-order valence-electron chi connectivity index (χ3n) is 2.91. The summed E-state index contributed by atoms with van der Waals surface area (Å²) in [5.74, 6) is 5.42. The monoisotopic (exact) mass is 282 g/mol. The van der Waals surface area contributed by atoms with Crippen molar-refractivity contribution >= 4 is 0 Å². The zero-order chi connectivity index (χ0) is 14.6. The quantitative estimate of drug-likeness (QED) is 0.667. The number of halogens is 3. The molecule has 0 aliphatic heterocycles. The number of rotatable bonds is 4. The zero-order valence-corrected chi connectivity index (χ0v) is 10.4. The molecule has 0 fully saturated rings. The van der Waals surface area contributed by atoms with Gasteiger partial charge in [0.25, 0.3) is 0 Å². The predicted molar refractivity (Wildman–Crippen MR) is 67.2 cm³/mol. The van der Waals surface area contributed by atoms with Crippen molar-refractivity contribution in [2.75, 3.05) is 0 Å². The van der Waals surface area contributed by atoms with E-state index in [1.54, 1.807) is 12.1 Å². The van der Waals surface area contributed by atoms with E-state index in [1.807, 2.05) is 0 Å². The number of alkyl halides is 3. The molecular formula is C13H13F3N4. The van der Waals surface area contributed by atoms with Crippen molar-refractivity contribution < 1.29 is 13.2 Å². The Balaban J connectivity index is 2.29. The van der Waals surface area contributed by atoms with Gasteiger partial charge in [0, 0.05) is 6.20 Å². The number of aromatic nitrogens is 2. The van der Waals surface area contributed by atoms with Gasteiger partial charge in [0.15, 0.2) is 0 Å². The molecule has 2 aromatic rings. The highest BCUT2D eigenvalue weighted by atomic mass is 19.4. The van der Waals surface area contributed by atoms with Gasteiger partial charge in [-0.2, -0.15) is 13.2 Å². The standard InChI is InChI=1S/C13H13F3N4/c14-13(15,16)10-4-2-1-3-9(10)7-12(20-17)11-5-6-18-8-19-11/h1-6,8,12,20H,7,17H2. The first-order valence-corrected chi connectivity index (χ1v) is 5.89. The zero-order valence-electron chi connectivity index (χ0n) is 10.4. The van der Waals surface area contributed by atoms with Gasteiger partial charge < -0.3 is 0 Å². The van der Waals surface area contributed by atoms with Gasteiger partial charge in [-0.15, -0.1) is 0 Å². The number of benzene rings is 1. The van der Waals surface area contributed by atoms with Crippen LogP contribution in [0.3, 0.4) is 0 Å². The van der Waals surface area contributed by atoms with E-state index in [0.717, 1.165) is 6.07 Å². The molecule has 1 atom stereocenters. The van der Waals surface area contributed by atoms with Crippen LogP contribution in [0.2, 0.25) is 0 Å². The topological polar surface area (TPSA) is 63.8 Å². The highest BCUT2D eigenvalue weighted by Gasteiger charge is 2.33. The Morgan fingerprint density at radius 1 is 1.20 bits per heavy atom. The summed E-state index contributed by atoms with van der Waals surface area (Å²) in [6.45, 7) is 0. The van der Waals surface area contributed by atoms with E-state index < -0.39 is 17.8 Å². The van der Waals surface area contributed by atoms with Crippen LogP contribution in [0.1, 0.15) is 22.9 Å². The lowest BCUT2D eigenvalue weighted by Crippen LogP contribution is -2.30. The maximum absolute atomic E-state index is 12.9. The number of hydrazine groups is 1. The van der Waals surface area contributed by atoms with Crippen molar-refractivity contribution in [3.05, 3.63) is 59.7 Å². The van der Waals surface area contributed by atoms with Gasteiger partial charge in [-0.25, -0.2) is 9.97 Å². The van der Waals surface area contributed by atoms with Crippen LogP contribution in [0.15, 0.2) is 42.9 Å². The molecule has 0 aliphatic carbocycles. The second kappa shape index (κ2) is 5.98. The van der Waals surface area contributed by atoms with E-state index in [1.165, 1.54) is 24.7 Å². The molecule has 1 heterocycles. The highest BCUT2D eigenvalue weighted by Crippen LogP contribution is 2.33. The third-order valence-corrected chi connectivity index (χ3v) is 2.91. The Morgan fingerprint density at radius 3 is 2.55 bits per heavy atom. The molecule has 4 nitrogen and oxygen atoms in total. The van der Waals surface area contributed by atoms with Gasteiger partial charge in [-0.05, 0) is 24.1 Å². The number of hydrogen-bond acceptors (Lipinski definition) is 4. The minimum atomic E-state index is -4.39. The second-order valence-corrected chi connectivity index (χ2v) is 4.21. The molecule has 1 unspecified atom stereocenters. The van der Waals surface area contributed by atoms with E-state index in [2.05, 4.69) is 15.4 Å². The molecule has 0 amide bonds. The fourth-order valence-electron chi connectivity index (χ4n) is 1.95. The lowest BCUT2D eigenvalue weighted by Gasteiger charge is -2.18. The van der Waals surface area contributed by atoms with Gasteiger partial charge in [0.1, 0.15) is 6.33 Å². The van der Waals surface area contributed by atoms with Crippen LogP contribution in [-0.4, -0.2) is 9.97 Å². The van der Waals surface area contributed by atoms with Crippen molar-refractivity contribution in [3.63, 3.8) is 0 Å². The summed E-state index contributed by atoms with van der Waals surface area (Å²) >= 11 is 0. The third kappa shape index (κ3) is 3.31. The average Bonchev–Trinajstić information content (AvgIpc) is 2.45. The van der Waals surface area contributed by atoms with Crippen molar-refractivity contribution in [2.24, 2.45) is 5.84 Å². The van der Waals surface area contributed by atoms with Crippen LogP contribution in [0.4, 0.5) is 13.2 Å². The van der Waals surface area contributed by atoms with E-state index in [-0.39, 0.29) is 12.0 Å². The van der Waals surface area contributed by atoms with Gasteiger partial charge in [0.05, 0.1) is 17.3 Å². The summed E-state index contributed by atoms with van der Waals surface area (Å²) in [6.07, 6.45) is -1.46. The van der Waals surface area contributed by atoms with Crippen LogP contribution in [-0.2, 0) is 12.6 Å². The van der Waals surface area contributed by atoms with Crippen molar-refractivity contribution in [1.82, 2.24) is 15.4 Å². The average molecular weight is 282 g/mol. The fourth-order valence-corrected chi connectivity index (χ4v) is 1.95. The van der Waals surface area contributed by atoms with Crippen LogP contribution >= 0.6 is 0 Å². The lowest BCUT2D eigenvalue weighted by atomic mass is 9.98. The maximum Gasteiger partial charge on any atom is 0.416 e. The number of nitrogens with one attached hydrogen (secondary N) is 1. The van der Waals surface area contributed by atoms with Crippen LogP contribution in [0, 0.1) is 0 Å². The molecular weight excluding hydrogens is 269 g/mol. The molecule has 0 aliphatic rings. The summed E-state index contributed by atoms with van der Waals surface area (Å²) in [5.41, 5.74) is 2.54. The van der Waals surface area contributed by atoms with Crippen molar-refractivity contribution in [1.29, 1.82) is 0 Å². The van der Waals surface area contributed by atoms with Gasteiger partial charge >= 0.3 is 6.18 Å². The molecule has 0 radical (unpaired) electrons. The minimum absolute atomic E-state index is 0.0865. The van der Waals surface area contributed by atoms with Crippen molar-refractivity contribution in [3.8, 4) is 0 Å². The number of nitrogens with two attached hydrogens (primary N) is 1. The van der Waals surface area contributed by atoms with E-state index in [4.69, 9.17) is 5.84 Å². The second-order valence-electron chi connectivity index (χ2n) is 4.21. The number of nitrogens with zero attached hydrogens (tertiary/aromatic N) is 2. The number of hydrogen-bond donors (Lipinski definition) is 2. The molecule has 0 bridgehead atoms. The Morgan fingerprint density at radius 2 is 1.95 bits per heavy atom. The summed E-state index contributed by atoms with van der Waals surface area (Å²) in [5, 5.41) is 0. The first-order valence-electron chi connectivity index (χ1n) is 5.89. The largest absolute Gasteiger partial charge is 0.416 e. The molecule has 1 aromatic carbocycles. The summed E-state index contributed by atoms with van der Waals surface area (Å²) in [7, 11) is 0. The van der Waals surface area contributed by atoms with Gasteiger partial charge in [-0.1, -0.05) is 18.2 Å². The molecule has 3 N–H and O–H groups in total. The normalized spacial score (nSPS) is 13.2. The Hall–Kier alpha value is -1.99. The minimum Gasteiger partial charge on any atom is -0.271 e. The van der Waals surface area contributed by atoms with Crippen LogP contribution in [0.5, 0.6) is 0 Å². The van der Waals surface area contributed by atoms with E-state index in [0.29, 0.717) is 5.69 Å². The van der Waals surface area contributed by atoms with E-state index in [9.17, 15) is 13.2 Å². The molecule has 0 spiro atoms. The SMILES string of the molecule is NNC(Cc1ccccc1C(F)(F)F)c1ccncn1. The fraction of sp³-hybridized carbons (Fsp3) is 0.231. The van der Waals surface area contributed by atoms with Gasteiger partial charge in [0.2, 0.25) is 0 Å². The molecule has 106 valence electrons. The first kappa shape index (κ1) is 14.4. The summed E-state index contributed by atoms with van der Waals surface area (Å²) < 4.78 is 38.8. The Labute approximate surface area is 113 Å².